The van der Waals surface area contributed by atoms with Crippen LogP contribution in [0, 0.1) is 0 Å². The Morgan fingerprint density at radius 3 is 2.93 bits per heavy atom. The molecule has 1 aliphatic rings. The molecule has 1 atom stereocenters. The van der Waals surface area contributed by atoms with E-state index in [0.717, 1.165) is 18.4 Å². The summed E-state index contributed by atoms with van der Waals surface area (Å²) in [6, 6.07) is 2.26. The number of amides is 1. The Labute approximate surface area is 94.0 Å². The maximum Gasteiger partial charge on any atom is 0.240 e. The fourth-order valence-corrected chi connectivity index (χ4v) is 1.71. The minimum atomic E-state index is -0.447. The fraction of sp³-hybridized carbons (Fsp3) is 0.545. The van der Waals surface area contributed by atoms with Crippen LogP contribution in [0.25, 0.3) is 0 Å². The number of alkyl halides is 1. The maximum absolute atomic E-state index is 11.8. The van der Waals surface area contributed by atoms with Gasteiger partial charge in [0.05, 0.1) is 12.5 Å². The Kier molecular flexibility index (Phi) is 3.00. The van der Waals surface area contributed by atoms with E-state index in [1.807, 2.05) is 11.0 Å². The normalized spacial score (nSPS) is 17.5. The molecule has 1 fully saturated rings. The Hall–Kier alpha value is -0.960. The lowest BCUT2D eigenvalue weighted by Crippen LogP contribution is -2.36. The summed E-state index contributed by atoms with van der Waals surface area (Å²) in [6.45, 7) is 2.33. The van der Waals surface area contributed by atoms with Crippen molar-refractivity contribution in [3.05, 3.63) is 24.2 Å². The highest BCUT2D eigenvalue weighted by atomic mass is 35.5. The van der Waals surface area contributed by atoms with Crippen molar-refractivity contribution in [1.82, 2.24) is 4.90 Å². The molecular weight excluding hydrogens is 214 g/mol. The van der Waals surface area contributed by atoms with Crippen LogP contribution in [0.3, 0.4) is 0 Å². The zero-order valence-electron chi connectivity index (χ0n) is 8.65. The molecule has 1 unspecified atom stereocenters. The van der Waals surface area contributed by atoms with Gasteiger partial charge < -0.3 is 9.32 Å². The Bertz CT molecular complexity index is 330. The van der Waals surface area contributed by atoms with E-state index in [2.05, 4.69) is 0 Å². The van der Waals surface area contributed by atoms with E-state index >= 15 is 0 Å². The molecule has 15 heavy (non-hydrogen) atoms. The number of hydrogen-bond acceptors (Lipinski definition) is 2. The maximum atomic E-state index is 11.8. The van der Waals surface area contributed by atoms with E-state index in [9.17, 15) is 4.79 Å². The molecule has 1 amide bonds. The highest BCUT2D eigenvalue weighted by molar-refractivity contribution is 6.30. The first-order valence-corrected chi connectivity index (χ1v) is 5.57. The highest BCUT2D eigenvalue weighted by Gasteiger charge is 2.34. The Morgan fingerprint density at radius 2 is 2.47 bits per heavy atom. The van der Waals surface area contributed by atoms with Gasteiger partial charge in [-0.15, -0.1) is 11.6 Å². The summed E-state index contributed by atoms with van der Waals surface area (Å²) < 4.78 is 4.98. The molecule has 4 heteroatoms. The van der Waals surface area contributed by atoms with Crippen molar-refractivity contribution in [3.8, 4) is 0 Å². The molecule has 1 aromatic rings. The van der Waals surface area contributed by atoms with Gasteiger partial charge in [-0.2, -0.15) is 0 Å². The standard InChI is InChI=1S/C11H14ClNO2/c1-8(12)11(14)13(10-2-3-10)6-9-4-5-15-7-9/h4-5,7-8,10H,2-3,6H2,1H3. The number of carbonyl (C=O) groups excluding carboxylic acids is 1. The second kappa shape index (κ2) is 4.27. The first-order valence-electron chi connectivity index (χ1n) is 5.14. The third-order valence-corrected chi connectivity index (χ3v) is 2.73. The Balaban J connectivity index is 2.03. The van der Waals surface area contributed by atoms with Crippen LogP contribution >= 0.6 is 11.6 Å². The van der Waals surface area contributed by atoms with Gasteiger partial charge in [-0.25, -0.2) is 0 Å². The first-order chi connectivity index (χ1) is 7.18. The van der Waals surface area contributed by atoms with Gasteiger partial charge in [0.25, 0.3) is 0 Å². The van der Waals surface area contributed by atoms with Crippen molar-refractivity contribution in [2.24, 2.45) is 0 Å². The molecule has 0 aliphatic heterocycles. The number of hydrogen-bond donors (Lipinski definition) is 0. The lowest BCUT2D eigenvalue weighted by atomic mass is 10.3. The molecule has 0 N–H and O–H groups in total. The van der Waals surface area contributed by atoms with Crippen molar-refractivity contribution in [3.63, 3.8) is 0 Å². The first kappa shape index (κ1) is 10.6. The molecule has 0 aromatic carbocycles. The van der Waals surface area contributed by atoms with Crippen LogP contribution in [0.2, 0.25) is 0 Å². The van der Waals surface area contributed by atoms with Gasteiger partial charge in [-0.3, -0.25) is 4.79 Å². The summed E-state index contributed by atoms with van der Waals surface area (Å²) in [7, 11) is 0. The lowest BCUT2D eigenvalue weighted by molar-refractivity contribution is -0.131. The number of nitrogens with zero attached hydrogens (tertiary/aromatic N) is 1. The summed E-state index contributed by atoms with van der Waals surface area (Å²) in [4.78, 5) is 13.7. The molecule has 0 bridgehead atoms. The molecule has 1 heterocycles. The average molecular weight is 228 g/mol. The molecule has 0 saturated heterocycles. The van der Waals surface area contributed by atoms with E-state index in [1.165, 1.54) is 0 Å². The van der Waals surface area contributed by atoms with E-state index in [-0.39, 0.29) is 5.91 Å². The second-order valence-electron chi connectivity index (χ2n) is 3.94. The molecule has 1 aliphatic carbocycles. The summed E-state index contributed by atoms with van der Waals surface area (Å²) in [5.41, 5.74) is 1.02. The SMILES string of the molecule is CC(Cl)C(=O)N(Cc1ccoc1)C1CC1. The topological polar surface area (TPSA) is 33.5 Å². The lowest BCUT2D eigenvalue weighted by Gasteiger charge is -2.22. The summed E-state index contributed by atoms with van der Waals surface area (Å²) in [5.74, 6) is 0.0142. The number of halogens is 1. The van der Waals surface area contributed by atoms with E-state index in [4.69, 9.17) is 16.0 Å². The van der Waals surface area contributed by atoms with Gasteiger partial charge in [0.2, 0.25) is 5.91 Å². The summed E-state index contributed by atoms with van der Waals surface area (Å²) in [6.07, 6.45) is 5.47. The van der Waals surface area contributed by atoms with Gasteiger partial charge in [0.1, 0.15) is 5.38 Å². The van der Waals surface area contributed by atoms with Crippen molar-refractivity contribution in [2.45, 2.75) is 37.7 Å². The monoisotopic (exact) mass is 227 g/mol. The summed E-state index contributed by atoms with van der Waals surface area (Å²) >= 11 is 5.82. The van der Waals surface area contributed by atoms with Crippen molar-refractivity contribution < 1.29 is 9.21 Å². The zero-order chi connectivity index (χ0) is 10.8. The molecule has 82 valence electrons. The molecule has 1 saturated carbocycles. The molecule has 0 spiro atoms. The predicted octanol–water partition coefficient (Wildman–Crippen LogP) is 2.40. The van der Waals surface area contributed by atoms with Crippen LogP contribution in [0.1, 0.15) is 25.3 Å². The van der Waals surface area contributed by atoms with Crippen molar-refractivity contribution in [1.29, 1.82) is 0 Å². The van der Waals surface area contributed by atoms with Gasteiger partial charge in [0.15, 0.2) is 0 Å². The molecule has 3 nitrogen and oxygen atoms in total. The van der Waals surface area contributed by atoms with Crippen LogP contribution in [0.15, 0.2) is 23.0 Å². The third kappa shape index (κ3) is 2.53. The number of carbonyl (C=O) groups is 1. The quantitative estimate of drug-likeness (QED) is 0.741. The van der Waals surface area contributed by atoms with Crippen LogP contribution in [0.4, 0.5) is 0 Å². The minimum Gasteiger partial charge on any atom is -0.472 e. The van der Waals surface area contributed by atoms with E-state index in [1.54, 1.807) is 19.5 Å². The number of furan rings is 1. The van der Waals surface area contributed by atoms with Gasteiger partial charge in [-0.05, 0) is 25.8 Å². The second-order valence-corrected chi connectivity index (χ2v) is 4.60. The van der Waals surface area contributed by atoms with E-state index < -0.39 is 5.38 Å². The van der Waals surface area contributed by atoms with Crippen LogP contribution in [-0.2, 0) is 11.3 Å². The third-order valence-electron chi connectivity index (χ3n) is 2.54. The van der Waals surface area contributed by atoms with Crippen LogP contribution in [0.5, 0.6) is 0 Å². The molecule has 1 aromatic heterocycles. The largest absolute Gasteiger partial charge is 0.472 e. The number of rotatable bonds is 4. The smallest absolute Gasteiger partial charge is 0.240 e. The molecule has 2 rings (SSSR count). The zero-order valence-corrected chi connectivity index (χ0v) is 9.41. The molecular formula is C11H14ClNO2. The van der Waals surface area contributed by atoms with Crippen LogP contribution < -0.4 is 0 Å². The minimum absolute atomic E-state index is 0.0142. The predicted molar refractivity (Wildman–Crippen MR) is 57.6 cm³/mol. The van der Waals surface area contributed by atoms with E-state index in [0.29, 0.717) is 12.6 Å². The average Bonchev–Trinajstić information content (AvgIpc) is 2.92. The van der Waals surface area contributed by atoms with Gasteiger partial charge in [0, 0.05) is 18.2 Å². The Morgan fingerprint density at radius 1 is 1.73 bits per heavy atom. The van der Waals surface area contributed by atoms with Crippen LogP contribution in [-0.4, -0.2) is 22.2 Å². The molecule has 0 radical (unpaired) electrons. The van der Waals surface area contributed by atoms with Crippen molar-refractivity contribution in [2.75, 3.05) is 0 Å². The van der Waals surface area contributed by atoms with Gasteiger partial charge >= 0.3 is 0 Å². The fourth-order valence-electron chi connectivity index (χ4n) is 1.58. The highest BCUT2D eigenvalue weighted by Crippen LogP contribution is 2.29. The summed E-state index contributed by atoms with van der Waals surface area (Å²) in [5, 5.41) is -0.447. The van der Waals surface area contributed by atoms with Gasteiger partial charge in [-0.1, -0.05) is 0 Å². The van der Waals surface area contributed by atoms with Crippen molar-refractivity contribution >= 4 is 17.5 Å².